The molecule has 0 amide bonds. The van der Waals surface area contributed by atoms with Crippen LogP contribution < -0.4 is 4.90 Å². The minimum atomic E-state index is 0.645. The van der Waals surface area contributed by atoms with Gasteiger partial charge >= 0.3 is 0 Å². The van der Waals surface area contributed by atoms with Crippen molar-refractivity contribution in [3.63, 3.8) is 0 Å². The molecule has 1 atom stereocenters. The molecule has 118 valence electrons. The van der Waals surface area contributed by atoms with Gasteiger partial charge in [0.15, 0.2) is 11.5 Å². The summed E-state index contributed by atoms with van der Waals surface area (Å²) < 4.78 is 0. The van der Waals surface area contributed by atoms with E-state index in [9.17, 15) is 0 Å². The molecule has 4 rings (SSSR count). The maximum Gasteiger partial charge on any atom is 0.182 e. The second kappa shape index (κ2) is 5.81. The maximum atomic E-state index is 4.48. The molecule has 2 aliphatic heterocycles. The number of aromatic nitrogens is 4. The van der Waals surface area contributed by atoms with Gasteiger partial charge in [0, 0.05) is 45.3 Å². The van der Waals surface area contributed by atoms with Gasteiger partial charge in [-0.15, -0.1) is 0 Å². The van der Waals surface area contributed by atoms with E-state index in [2.05, 4.69) is 41.6 Å². The second-order valence-electron chi connectivity index (χ2n) is 6.16. The Labute approximate surface area is 130 Å². The first-order chi connectivity index (χ1) is 10.8. The highest BCUT2D eigenvalue weighted by Crippen LogP contribution is 2.26. The lowest BCUT2D eigenvalue weighted by Gasteiger charge is -2.37. The van der Waals surface area contributed by atoms with Crippen molar-refractivity contribution in [3.8, 4) is 0 Å². The Bertz CT molecular complexity index is 632. The quantitative estimate of drug-likeness (QED) is 0.894. The number of nitrogens with zero attached hydrogens (tertiary/aromatic N) is 6. The van der Waals surface area contributed by atoms with Gasteiger partial charge in [-0.05, 0) is 13.0 Å². The van der Waals surface area contributed by atoms with Crippen molar-refractivity contribution in [1.82, 2.24) is 29.7 Å². The van der Waals surface area contributed by atoms with Crippen LogP contribution in [0.5, 0.6) is 0 Å². The van der Waals surface area contributed by atoms with Crippen LogP contribution in [0.3, 0.4) is 0 Å². The van der Waals surface area contributed by atoms with E-state index in [1.807, 2.05) is 0 Å². The van der Waals surface area contributed by atoms with Gasteiger partial charge in [-0.2, -0.15) is 0 Å². The number of piperazine rings is 1. The number of nitrogens with one attached hydrogen (secondary N) is 1. The summed E-state index contributed by atoms with van der Waals surface area (Å²) >= 11 is 0. The zero-order valence-corrected chi connectivity index (χ0v) is 13.1. The van der Waals surface area contributed by atoms with Crippen LogP contribution in [0.2, 0.25) is 0 Å². The van der Waals surface area contributed by atoms with Crippen LogP contribution in [-0.2, 0) is 0 Å². The van der Waals surface area contributed by atoms with Crippen LogP contribution in [0.25, 0.3) is 11.2 Å². The fourth-order valence-electron chi connectivity index (χ4n) is 3.67. The van der Waals surface area contributed by atoms with E-state index in [-0.39, 0.29) is 0 Å². The monoisotopic (exact) mass is 301 g/mol. The van der Waals surface area contributed by atoms with Gasteiger partial charge < -0.3 is 14.8 Å². The lowest BCUT2D eigenvalue weighted by molar-refractivity contribution is 0.107. The Hall–Kier alpha value is -1.73. The zero-order valence-electron chi connectivity index (χ0n) is 13.1. The van der Waals surface area contributed by atoms with Crippen molar-refractivity contribution in [1.29, 1.82) is 0 Å². The average Bonchev–Trinajstić information content (AvgIpc) is 3.24. The molecule has 2 saturated heterocycles. The van der Waals surface area contributed by atoms with Crippen LogP contribution in [0.1, 0.15) is 13.3 Å². The van der Waals surface area contributed by atoms with E-state index in [1.54, 1.807) is 12.7 Å². The molecule has 2 aliphatic rings. The van der Waals surface area contributed by atoms with Crippen molar-refractivity contribution in [2.45, 2.75) is 19.4 Å². The van der Waals surface area contributed by atoms with E-state index in [4.69, 9.17) is 0 Å². The summed E-state index contributed by atoms with van der Waals surface area (Å²) in [6.45, 7) is 10.3. The van der Waals surface area contributed by atoms with E-state index in [1.165, 1.54) is 39.1 Å². The predicted molar refractivity (Wildman–Crippen MR) is 86.0 cm³/mol. The topological polar surface area (TPSA) is 64.2 Å². The molecule has 1 N–H and O–H groups in total. The lowest BCUT2D eigenvalue weighted by Crippen LogP contribution is -2.50. The number of aromatic amines is 1. The third kappa shape index (κ3) is 2.44. The summed E-state index contributed by atoms with van der Waals surface area (Å²) in [6.07, 6.45) is 4.53. The maximum absolute atomic E-state index is 4.48. The Kier molecular flexibility index (Phi) is 3.67. The van der Waals surface area contributed by atoms with Gasteiger partial charge in [-0.1, -0.05) is 6.92 Å². The van der Waals surface area contributed by atoms with E-state index >= 15 is 0 Å². The minimum Gasteiger partial charge on any atom is -0.353 e. The largest absolute Gasteiger partial charge is 0.353 e. The number of rotatable bonds is 3. The number of anilines is 1. The van der Waals surface area contributed by atoms with Gasteiger partial charge in [-0.25, -0.2) is 15.0 Å². The first-order valence-electron chi connectivity index (χ1n) is 8.20. The number of H-pyrrole nitrogens is 1. The molecule has 0 bridgehead atoms. The summed E-state index contributed by atoms with van der Waals surface area (Å²) in [7, 11) is 0. The second-order valence-corrected chi connectivity index (χ2v) is 6.16. The molecule has 0 spiro atoms. The molecule has 7 nitrogen and oxygen atoms in total. The first-order valence-corrected chi connectivity index (χ1v) is 8.20. The Morgan fingerprint density at radius 1 is 1.14 bits per heavy atom. The summed E-state index contributed by atoms with van der Waals surface area (Å²) in [5.74, 6) is 0.997. The average molecular weight is 301 g/mol. The molecule has 0 aromatic carbocycles. The van der Waals surface area contributed by atoms with Gasteiger partial charge in [0.05, 0.1) is 6.33 Å². The molecule has 7 heteroatoms. The van der Waals surface area contributed by atoms with E-state index in [0.717, 1.165) is 30.1 Å². The Balaban J connectivity index is 1.45. The van der Waals surface area contributed by atoms with Gasteiger partial charge in [0.1, 0.15) is 11.8 Å². The molecule has 0 saturated carbocycles. The van der Waals surface area contributed by atoms with Crippen LogP contribution in [-0.4, -0.2) is 81.6 Å². The van der Waals surface area contributed by atoms with Crippen molar-refractivity contribution < 1.29 is 0 Å². The third-order valence-electron chi connectivity index (χ3n) is 5.04. The summed E-state index contributed by atoms with van der Waals surface area (Å²) in [5, 5.41) is 0. The van der Waals surface area contributed by atoms with Crippen LogP contribution in [0, 0.1) is 0 Å². The minimum absolute atomic E-state index is 0.645. The normalized spacial score (nSPS) is 24.4. The SMILES string of the molecule is CCN1CCN(C2CCN(c3ncnc4nc[nH]c34)C2)CC1. The number of imidazole rings is 1. The molecule has 0 aliphatic carbocycles. The Morgan fingerprint density at radius 2 is 2.00 bits per heavy atom. The van der Waals surface area contributed by atoms with Gasteiger partial charge in [0.25, 0.3) is 0 Å². The molecular weight excluding hydrogens is 278 g/mol. The highest BCUT2D eigenvalue weighted by molar-refractivity contribution is 5.82. The van der Waals surface area contributed by atoms with Crippen molar-refractivity contribution in [3.05, 3.63) is 12.7 Å². The van der Waals surface area contributed by atoms with Crippen LogP contribution in [0.15, 0.2) is 12.7 Å². The number of fused-ring (bicyclic) bond motifs is 1. The van der Waals surface area contributed by atoms with Crippen LogP contribution in [0.4, 0.5) is 5.82 Å². The molecule has 2 aromatic rings. The first kappa shape index (κ1) is 13.9. The van der Waals surface area contributed by atoms with Crippen LogP contribution >= 0.6 is 0 Å². The predicted octanol–water partition coefficient (Wildman–Crippen LogP) is 0.569. The zero-order chi connectivity index (χ0) is 14.9. The highest BCUT2D eigenvalue weighted by Gasteiger charge is 2.31. The van der Waals surface area contributed by atoms with Gasteiger partial charge in [0.2, 0.25) is 0 Å². The third-order valence-corrected chi connectivity index (χ3v) is 5.04. The van der Waals surface area contributed by atoms with Crippen molar-refractivity contribution >= 4 is 17.0 Å². The number of hydrogen-bond donors (Lipinski definition) is 1. The van der Waals surface area contributed by atoms with Crippen molar-refractivity contribution in [2.75, 3.05) is 50.7 Å². The molecule has 22 heavy (non-hydrogen) atoms. The smallest absolute Gasteiger partial charge is 0.182 e. The molecule has 0 radical (unpaired) electrons. The molecule has 4 heterocycles. The molecule has 2 fully saturated rings. The van der Waals surface area contributed by atoms with E-state index in [0.29, 0.717) is 6.04 Å². The standard InChI is InChI=1S/C15H23N7/c1-2-20-5-7-21(8-6-20)12-3-4-22(9-12)15-13-14(17-10-16-13)18-11-19-15/h10-12H,2-9H2,1H3,(H,16,17,18,19). The fraction of sp³-hybridized carbons (Fsp3) is 0.667. The molecule has 2 aromatic heterocycles. The fourth-order valence-corrected chi connectivity index (χ4v) is 3.67. The van der Waals surface area contributed by atoms with E-state index < -0.39 is 0 Å². The number of hydrogen-bond acceptors (Lipinski definition) is 6. The molecular formula is C15H23N7. The van der Waals surface area contributed by atoms with Crippen molar-refractivity contribution in [2.24, 2.45) is 0 Å². The summed E-state index contributed by atoms with van der Waals surface area (Å²) in [6, 6.07) is 0.645. The highest BCUT2D eigenvalue weighted by atomic mass is 15.3. The number of likely N-dealkylation sites (N-methyl/N-ethyl adjacent to an activating group) is 1. The summed E-state index contributed by atoms with van der Waals surface area (Å²) in [5.41, 5.74) is 1.71. The molecule has 1 unspecified atom stereocenters. The Morgan fingerprint density at radius 3 is 2.82 bits per heavy atom. The van der Waals surface area contributed by atoms with Gasteiger partial charge in [-0.3, -0.25) is 4.90 Å². The lowest BCUT2D eigenvalue weighted by atomic mass is 10.2. The summed E-state index contributed by atoms with van der Waals surface area (Å²) in [4.78, 5) is 23.6.